The Labute approximate surface area is 134 Å². The Kier molecular flexibility index (Phi) is 3.32. The van der Waals surface area contributed by atoms with Crippen molar-refractivity contribution in [2.24, 2.45) is 0 Å². The predicted octanol–water partition coefficient (Wildman–Crippen LogP) is 2.24. The molecule has 23 heavy (non-hydrogen) atoms. The number of aromatic nitrogens is 1. The SMILES string of the molecule is N#Cc1ccc2c(c1)C(c1ccc(CN3CCC3)cn1)C(=O)N2. The second kappa shape index (κ2) is 5.49. The number of nitriles is 1. The summed E-state index contributed by atoms with van der Waals surface area (Å²) in [7, 11) is 0. The van der Waals surface area contributed by atoms with Crippen LogP contribution in [0.15, 0.2) is 36.5 Å². The van der Waals surface area contributed by atoms with E-state index in [1.165, 1.54) is 6.42 Å². The molecule has 0 saturated carbocycles. The largest absolute Gasteiger partial charge is 0.325 e. The molecule has 1 unspecified atom stereocenters. The fraction of sp³-hybridized carbons (Fsp3) is 0.278. The van der Waals surface area contributed by atoms with Crippen LogP contribution in [0.4, 0.5) is 5.69 Å². The number of nitrogens with one attached hydrogen (secondary N) is 1. The molecule has 2 aromatic rings. The van der Waals surface area contributed by atoms with Crippen LogP contribution in [0.2, 0.25) is 0 Å². The summed E-state index contributed by atoms with van der Waals surface area (Å²) >= 11 is 0. The van der Waals surface area contributed by atoms with Gasteiger partial charge in [-0.2, -0.15) is 5.26 Å². The van der Waals surface area contributed by atoms with E-state index >= 15 is 0 Å². The van der Waals surface area contributed by atoms with Gasteiger partial charge in [0.25, 0.3) is 0 Å². The number of hydrogen-bond donors (Lipinski definition) is 1. The van der Waals surface area contributed by atoms with Crippen LogP contribution < -0.4 is 5.32 Å². The molecular weight excluding hydrogens is 288 g/mol. The molecule has 1 amide bonds. The summed E-state index contributed by atoms with van der Waals surface area (Å²) in [5.41, 5.74) is 4.05. The zero-order valence-corrected chi connectivity index (χ0v) is 12.6. The molecule has 2 aliphatic heterocycles. The van der Waals surface area contributed by atoms with Gasteiger partial charge in [0.2, 0.25) is 5.91 Å². The van der Waals surface area contributed by atoms with Crippen molar-refractivity contribution in [3.8, 4) is 6.07 Å². The quantitative estimate of drug-likeness (QED) is 0.944. The van der Waals surface area contributed by atoms with E-state index < -0.39 is 5.92 Å². The number of nitrogens with zero attached hydrogens (tertiary/aromatic N) is 3. The van der Waals surface area contributed by atoms with Crippen molar-refractivity contribution in [1.82, 2.24) is 9.88 Å². The molecule has 3 heterocycles. The van der Waals surface area contributed by atoms with Gasteiger partial charge in [-0.3, -0.25) is 14.7 Å². The van der Waals surface area contributed by atoms with Crippen molar-refractivity contribution in [2.45, 2.75) is 18.9 Å². The molecule has 114 valence electrons. The summed E-state index contributed by atoms with van der Waals surface area (Å²) in [5, 5.41) is 11.9. The van der Waals surface area contributed by atoms with Gasteiger partial charge >= 0.3 is 0 Å². The Morgan fingerprint density at radius 1 is 1.30 bits per heavy atom. The topological polar surface area (TPSA) is 69.0 Å². The molecule has 1 N–H and O–H groups in total. The molecule has 4 rings (SSSR count). The molecule has 1 aromatic heterocycles. The Bertz CT molecular complexity index is 803. The van der Waals surface area contributed by atoms with Gasteiger partial charge in [0.1, 0.15) is 5.92 Å². The van der Waals surface area contributed by atoms with Crippen molar-refractivity contribution in [2.75, 3.05) is 18.4 Å². The number of carbonyl (C=O) groups excluding carboxylic acids is 1. The van der Waals surface area contributed by atoms with E-state index in [1.807, 2.05) is 18.3 Å². The summed E-state index contributed by atoms with van der Waals surface area (Å²) in [6.07, 6.45) is 3.12. The number of hydrogen-bond acceptors (Lipinski definition) is 4. The Balaban J connectivity index is 1.63. The minimum Gasteiger partial charge on any atom is -0.325 e. The molecule has 1 fully saturated rings. The van der Waals surface area contributed by atoms with Gasteiger partial charge < -0.3 is 5.32 Å². The van der Waals surface area contributed by atoms with E-state index in [4.69, 9.17) is 5.26 Å². The molecule has 1 atom stereocenters. The van der Waals surface area contributed by atoms with Crippen LogP contribution in [0.3, 0.4) is 0 Å². The number of pyridine rings is 1. The van der Waals surface area contributed by atoms with Crippen LogP contribution in [-0.2, 0) is 11.3 Å². The van der Waals surface area contributed by atoms with Crippen molar-refractivity contribution < 1.29 is 4.79 Å². The maximum atomic E-state index is 12.3. The predicted molar refractivity (Wildman–Crippen MR) is 85.8 cm³/mol. The van der Waals surface area contributed by atoms with Crippen molar-refractivity contribution in [3.63, 3.8) is 0 Å². The second-order valence-corrected chi connectivity index (χ2v) is 6.06. The lowest BCUT2D eigenvalue weighted by atomic mass is 9.95. The highest BCUT2D eigenvalue weighted by Gasteiger charge is 2.33. The zero-order chi connectivity index (χ0) is 15.8. The van der Waals surface area contributed by atoms with Crippen molar-refractivity contribution in [3.05, 3.63) is 58.9 Å². The van der Waals surface area contributed by atoms with Crippen LogP contribution in [0.5, 0.6) is 0 Å². The van der Waals surface area contributed by atoms with Crippen LogP contribution >= 0.6 is 0 Å². The molecule has 5 heteroatoms. The first kappa shape index (κ1) is 13.9. The maximum absolute atomic E-state index is 12.3. The molecule has 1 aromatic carbocycles. The fourth-order valence-corrected chi connectivity index (χ4v) is 3.12. The Hall–Kier alpha value is -2.71. The van der Waals surface area contributed by atoms with E-state index in [0.717, 1.165) is 42.1 Å². The molecule has 0 aliphatic carbocycles. The summed E-state index contributed by atoms with van der Waals surface area (Å²) in [6, 6.07) is 11.4. The second-order valence-electron chi connectivity index (χ2n) is 6.06. The monoisotopic (exact) mass is 304 g/mol. The average Bonchev–Trinajstić information content (AvgIpc) is 2.86. The van der Waals surface area contributed by atoms with Gasteiger partial charge in [-0.05, 0) is 54.9 Å². The highest BCUT2D eigenvalue weighted by atomic mass is 16.2. The van der Waals surface area contributed by atoms with E-state index in [0.29, 0.717) is 5.56 Å². The van der Waals surface area contributed by atoms with Gasteiger partial charge in [-0.15, -0.1) is 0 Å². The summed E-state index contributed by atoms with van der Waals surface area (Å²) in [5.74, 6) is -0.519. The molecule has 0 spiro atoms. The van der Waals surface area contributed by atoms with Crippen LogP contribution in [0, 0.1) is 11.3 Å². The summed E-state index contributed by atoms with van der Waals surface area (Å²) in [6.45, 7) is 3.22. The number of amides is 1. The first-order valence-corrected chi connectivity index (χ1v) is 7.77. The number of anilines is 1. The van der Waals surface area contributed by atoms with E-state index in [2.05, 4.69) is 21.3 Å². The highest BCUT2D eigenvalue weighted by molar-refractivity contribution is 6.04. The molecular formula is C18H16N4O. The number of fused-ring (bicyclic) bond motifs is 1. The lowest BCUT2D eigenvalue weighted by molar-refractivity contribution is -0.116. The standard InChI is InChI=1S/C18H16N4O/c19-9-12-2-4-15-14(8-12)17(18(23)21-15)16-5-3-13(10-20-16)11-22-6-1-7-22/h2-5,8,10,17H,1,6-7,11H2,(H,21,23). The third-order valence-corrected chi connectivity index (χ3v) is 4.51. The number of rotatable bonds is 3. The first-order valence-electron chi connectivity index (χ1n) is 7.77. The fourth-order valence-electron chi connectivity index (χ4n) is 3.12. The van der Waals surface area contributed by atoms with Gasteiger partial charge in [0, 0.05) is 18.4 Å². The molecule has 0 bridgehead atoms. The number of benzene rings is 1. The molecule has 1 saturated heterocycles. The molecule has 5 nitrogen and oxygen atoms in total. The van der Waals surface area contributed by atoms with E-state index in [-0.39, 0.29) is 5.91 Å². The van der Waals surface area contributed by atoms with Gasteiger partial charge in [-0.1, -0.05) is 6.07 Å². The third-order valence-electron chi connectivity index (χ3n) is 4.51. The molecule has 0 radical (unpaired) electrons. The molecule has 2 aliphatic rings. The number of likely N-dealkylation sites (tertiary alicyclic amines) is 1. The minimum atomic E-state index is -0.434. The van der Waals surface area contributed by atoms with E-state index in [9.17, 15) is 4.79 Å². The lowest BCUT2D eigenvalue weighted by Gasteiger charge is -2.30. The normalized spacial score (nSPS) is 19.6. The van der Waals surface area contributed by atoms with Gasteiger partial charge in [0.15, 0.2) is 0 Å². The average molecular weight is 304 g/mol. The van der Waals surface area contributed by atoms with Crippen LogP contribution in [0.1, 0.15) is 34.7 Å². The van der Waals surface area contributed by atoms with Crippen molar-refractivity contribution >= 4 is 11.6 Å². The smallest absolute Gasteiger partial charge is 0.238 e. The number of carbonyl (C=O) groups is 1. The third kappa shape index (κ3) is 2.47. The highest BCUT2D eigenvalue weighted by Crippen LogP contribution is 2.36. The summed E-state index contributed by atoms with van der Waals surface area (Å²) in [4.78, 5) is 19.2. The lowest BCUT2D eigenvalue weighted by Crippen LogP contribution is -2.36. The Morgan fingerprint density at radius 2 is 2.17 bits per heavy atom. The van der Waals surface area contributed by atoms with Crippen LogP contribution in [-0.4, -0.2) is 28.9 Å². The maximum Gasteiger partial charge on any atom is 0.238 e. The minimum absolute atomic E-state index is 0.0851. The summed E-state index contributed by atoms with van der Waals surface area (Å²) < 4.78 is 0. The van der Waals surface area contributed by atoms with Gasteiger partial charge in [-0.25, -0.2) is 0 Å². The Morgan fingerprint density at radius 3 is 2.83 bits per heavy atom. The first-order chi connectivity index (χ1) is 11.2. The van der Waals surface area contributed by atoms with Crippen LogP contribution in [0.25, 0.3) is 0 Å². The van der Waals surface area contributed by atoms with Crippen molar-refractivity contribution in [1.29, 1.82) is 5.26 Å². The van der Waals surface area contributed by atoms with Gasteiger partial charge in [0.05, 0.1) is 17.3 Å². The zero-order valence-electron chi connectivity index (χ0n) is 12.6. The van der Waals surface area contributed by atoms with E-state index in [1.54, 1.807) is 18.2 Å².